The van der Waals surface area contributed by atoms with Crippen LogP contribution < -0.4 is 4.74 Å². The molecular formula is C22H25N3O4S. The number of fused-ring (bicyclic) bond motifs is 1. The van der Waals surface area contributed by atoms with E-state index in [9.17, 15) is 15.2 Å². The Morgan fingerprint density at radius 2 is 1.87 bits per heavy atom. The number of benzene rings is 2. The number of hydrogen-bond acceptors (Lipinski definition) is 7. The number of nitrogens with zero attached hydrogens (tertiary/aromatic N) is 3. The number of aliphatic hydroxyl groups is 1. The van der Waals surface area contributed by atoms with Gasteiger partial charge in [0.1, 0.15) is 18.5 Å². The lowest BCUT2D eigenvalue weighted by atomic mass is 10.1. The zero-order valence-electron chi connectivity index (χ0n) is 16.6. The Labute approximate surface area is 179 Å². The quantitative estimate of drug-likeness (QED) is 0.439. The predicted molar refractivity (Wildman–Crippen MR) is 118 cm³/mol. The summed E-state index contributed by atoms with van der Waals surface area (Å²) in [7, 11) is 0. The number of piperazine rings is 1. The predicted octanol–water partition coefficient (Wildman–Crippen LogP) is 3.37. The van der Waals surface area contributed by atoms with Gasteiger partial charge >= 0.3 is 0 Å². The monoisotopic (exact) mass is 427 g/mol. The van der Waals surface area contributed by atoms with Crippen molar-refractivity contribution in [2.24, 2.45) is 0 Å². The molecule has 1 saturated heterocycles. The van der Waals surface area contributed by atoms with E-state index < -0.39 is 11.0 Å². The van der Waals surface area contributed by atoms with E-state index in [1.165, 1.54) is 27.8 Å². The third-order valence-corrected chi connectivity index (χ3v) is 6.37. The summed E-state index contributed by atoms with van der Waals surface area (Å²) in [4.78, 5) is 15.1. The molecule has 1 N–H and O–H groups in total. The Balaban J connectivity index is 1.21. The van der Waals surface area contributed by atoms with Crippen LogP contribution >= 0.6 is 11.3 Å². The standard InChI is InChI=1S/C22H25N3O4S/c26-19(15-29-20-5-3-4-18(12-20)25(27)28)14-24-10-8-23(9-11-24)13-17-16-30-22-7-2-1-6-21(17)22/h1-7,12,16,19,26H,8-11,13-15H2/t19-/m1/s1. The van der Waals surface area contributed by atoms with Crippen LogP contribution in [0.25, 0.3) is 10.1 Å². The van der Waals surface area contributed by atoms with Crippen LogP contribution in [0.4, 0.5) is 5.69 Å². The van der Waals surface area contributed by atoms with Crippen LogP contribution in [0, 0.1) is 10.1 Å². The number of aliphatic hydroxyl groups excluding tert-OH is 1. The SMILES string of the molecule is O=[N+]([O-])c1cccc(OC[C@H](O)CN2CCN(Cc3csc4ccccc34)CC2)c1. The van der Waals surface area contributed by atoms with E-state index in [0.717, 1.165) is 32.7 Å². The summed E-state index contributed by atoms with van der Waals surface area (Å²) in [6.07, 6.45) is -0.642. The molecule has 3 aromatic rings. The molecule has 0 bridgehead atoms. The van der Waals surface area contributed by atoms with Gasteiger partial charge in [0.25, 0.3) is 5.69 Å². The molecule has 1 aliphatic heterocycles. The minimum atomic E-state index is -0.642. The summed E-state index contributed by atoms with van der Waals surface area (Å²) in [6, 6.07) is 14.6. The van der Waals surface area contributed by atoms with Crippen LogP contribution in [0.3, 0.4) is 0 Å². The average molecular weight is 428 g/mol. The lowest BCUT2D eigenvalue weighted by Gasteiger charge is -2.35. The van der Waals surface area contributed by atoms with E-state index in [0.29, 0.717) is 12.3 Å². The van der Waals surface area contributed by atoms with Gasteiger partial charge in [-0.15, -0.1) is 11.3 Å². The van der Waals surface area contributed by atoms with Crippen LogP contribution in [-0.2, 0) is 6.54 Å². The highest BCUT2D eigenvalue weighted by Crippen LogP contribution is 2.27. The van der Waals surface area contributed by atoms with Crippen LogP contribution in [0.2, 0.25) is 0 Å². The second-order valence-corrected chi connectivity index (χ2v) is 8.46. The molecule has 0 aliphatic carbocycles. The van der Waals surface area contributed by atoms with Gasteiger partial charge in [-0.3, -0.25) is 19.9 Å². The van der Waals surface area contributed by atoms with Crippen molar-refractivity contribution >= 4 is 27.1 Å². The molecule has 7 nitrogen and oxygen atoms in total. The first-order valence-corrected chi connectivity index (χ1v) is 10.9. The molecule has 4 rings (SSSR count). The maximum absolute atomic E-state index is 10.8. The van der Waals surface area contributed by atoms with E-state index in [1.807, 2.05) is 0 Å². The Hall–Kier alpha value is -2.52. The van der Waals surface area contributed by atoms with Gasteiger partial charge in [-0.05, 0) is 28.5 Å². The summed E-state index contributed by atoms with van der Waals surface area (Å²) in [6.45, 7) is 5.32. The minimum absolute atomic E-state index is 0.0171. The fourth-order valence-corrected chi connectivity index (χ4v) is 4.71. The van der Waals surface area contributed by atoms with Gasteiger partial charge < -0.3 is 9.84 Å². The van der Waals surface area contributed by atoms with E-state index in [-0.39, 0.29) is 12.3 Å². The van der Waals surface area contributed by atoms with Gasteiger partial charge in [0.05, 0.1) is 11.0 Å². The highest BCUT2D eigenvalue weighted by molar-refractivity contribution is 7.17. The number of hydrogen-bond donors (Lipinski definition) is 1. The molecule has 0 spiro atoms. The number of non-ortho nitro benzene ring substituents is 1. The first-order chi connectivity index (χ1) is 14.6. The molecule has 1 fully saturated rings. The molecule has 2 heterocycles. The Kier molecular flexibility index (Phi) is 6.59. The van der Waals surface area contributed by atoms with Crippen LogP contribution in [0.1, 0.15) is 5.56 Å². The van der Waals surface area contributed by atoms with Crippen LogP contribution in [0.15, 0.2) is 53.9 Å². The molecule has 1 aliphatic rings. The van der Waals surface area contributed by atoms with Crippen molar-refractivity contribution in [2.75, 3.05) is 39.3 Å². The van der Waals surface area contributed by atoms with Crippen molar-refractivity contribution in [1.29, 1.82) is 0 Å². The topological polar surface area (TPSA) is 79.1 Å². The zero-order valence-corrected chi connectivity index (χ0v) is 17.5. The average Bonchev–Trinajstić information content (AvgIpc) is 3.17. The molecular weight excluding hydrogens is 402 g/mol. The van der Waals surface area contributed by atoms with Crippen molar-refractivity contribution in [3.05, 3.63) is 69.6 Å². The number of nitro benzene ring substituents is 1. The summed E-state index contributed by atoms with van der Waals surface area (Å²) < 4.78 is 6.87. The van der Waals surface area contributed by atoms with E-state index in [4.69, 9.17) is 4.74 Å². The number of β-amino-alcohol motifs (C(OH)–C–C–N with tert-alkyl or cyclic N) is 1. The Bertz CT molecular complexity index is 1000. The van der Waals surface area contributed by atoms with Gasteiger partial charge in [-0.25, -0.2) is 0 Å². The maximum Gasteiger partial charge on any atom is 0.273 e. The van der Waals surface area contributed by atoms with Crippen molar-refractivity contribution in [3.8, 4) is 5.75 Å². The summed E-state index contributed by atoms with van der Waals surface area (Å²) in [5.74, 6) is 0.399. The van der Waals surface area contributed by atoms with Gasteiger partial charge in [-0.2, -0.15) is 0 Å². The van der Waals surface area contributed by atoms with Crippen molar-refractivity contribution < 1.29 is 14.8 Å². The first-order valence-electron chi connectivity index (χ1n) is 10.0. The van der Waals surface area contributed by atoms with Gasteiger partial charge in [0.15, 0.2) is 0 Å². The smallest absolute Gasteiger partial charge is 0.273 e. The van der Waals surface area contributed by atoms with Gasteiger partial charge in [0, 0.05) is 50.0 Å². The normalized spacial score (nSPS) is 16.6. The van der Waals surface area contributed by atoms with Crippen molar-refractivity contribution in [2.45, 2.75) is 12.6 Å². The van der Waals surface area contributed by atoms with Crippen LogP contribution in [0.5, 0.6) is 5.75 Å². The fourth-order valence-electron chi connectivity index (χ4n) is 3.76. The summed E-state index contributed by atoms with van der Waals surface area (Å²) in [5.41, 5.74) is 1.37. The molecule has 8 heteroatoms. The largest absolute Gasteiger partial charge is 0.491 e. The minimum Gasteiger partial charge on any atom is -0.491 e. The van der Waals surface area contributed by atoms with Crippen LogP contribution in [-0.4, -0.2) is 65.3 Å². The number of ether oxygens (including phenoxy) is 1. The summed E-state index contributed by atoms with van der Waals surface area (Å²) in [5, 5.41) is 24.8. The second-order valence-electron chi connectivity index (χ2n) is 7.55. The molecule has 2 aromatic carbocycles. The van der Waals surface area contributed by atoms with Gasteiger partial charge in [0.2, 0.25) is 0 Å². The number of rotatable bonds is 8. The zero-order chi connectivity index (χ0) is 20.9. The Morgan fingerprint density at radius 1 is 1.10 bits per heavy atom. The lowest BCUT2D eigenvalue weighted by Crippen LogP contribution is -2.48. The number of nitro groups is 1. The second kappa shape index (κ2) is 9.53. The molecule has 1 atom stereocenters. The molecule has 30 heavy (non-hydrogen) atoms. The van der Waals surface area contributed by atoms with E-state index >= 15 is 0 Å². The molecule has 0 saturated carbocycles. The maximum atomic E-state index is 10.8. The Morgan fingerprint density at radius 3 is 2.67 bits per heavy atom. The molecule has 0 radical (unpaired) electrons. The van der Waals surface area contributed by atoms with Gasteiger partial charge in [-0.1, -0.05) is 24.3 Å². The van der Waals surface area contributed by atoms with E-state index in [2.05, 4.69) is 39.4 Å². The third-order valence-electron chi connectivity index (χ3n) is 5.36. The number of thiophene rings is 1. The first kappa shape index (κ1) is 20.7. The molecule has 0 amide bonds. The lowest BCUT2D eigenvalue weighted by molar-refractivity contribution is -0.384. The molecule has 158 valence electrons. The highest BCUT2D eigenvalue weighted by atomic mass is 32.1. The van der Waals surface area contributed by atoms with Crippen molar-refractivity contribution in [3.63, 3.8) is 0 Å². The molecule has 0 unspecified atom stereocenters. The van der Waals surface area contributed by atoms with E-state index in [1.54, 1.807) is 23.5 Å². The highest BCUT2D eigenvalue weighted by Gasteiger charge is 2.20. The summed E-state index contributed by atoms with van der Waals surface area (Å²) >= 11 is 1.80. The molecule has 1 aromatic heterocycles. The van der Waals surface area contributed by atoms with Crippen molar-refractivity contribution in [1.82, 2.24) is 9.80 Å². The fraction of sp³-hybridized carbons (Fsp3) is 0.364. The third kappa shape index (κ3) is 5.14.